The number of halogens is 1. The molecule has 0 aromatic heterocycles. The number of rotatable bonds is 7. The van der Waals surface area contributed by atoms with Crippen molar-refractivity contribution in [2.75, 3.05) is 14.2 Å². The quantitative estimate of drug-likeness (QED) is 0.220. The molecular formula is C24H21BrN2O5. The molecule has 0 saturated heterocycles. The van der Waals surface area contributed by atoms with Crippen LogP contribution < -0.4 is 19.6 Å². The Labute approximate surface area is 194 Å². The second-order valence-electron chi connectivity index (χ2n) is 6.71. The van der Waals surface area contributed by atoms with Gasteiger partial charge in [-0.25, -0.2) is 10.2 Å². The van der Waals surface area contributed by atoms with Crippen molar-refractivity contribution in [3.8, 4) is 17.2 Å². The molecule has 32 heavy (non-hydrogen) atoms. The van der Waals surface area contributed by atoms with Gasteiger partial charge in [-0.1, -0.05) is 33.6 Å². The van der Waals surface area contributed by atoms with E-state index in [0.29, 0.717) is 28.2 Å². The summed E-state index contributed by atoms with van der Waals surface area (Å²) < 4.78 is 16.7. The molecule has 3 aromatic rings. The molecule has 3 rings (SSSR count). The Kier molecular flexibility index (Phi) is 7.62. The molecule has 0 aliphatic rings. The number of methoxy groups -OCH3 is 2. The summed E-state index contributed by atoms with van der Waals surface area (Å²) in [5.74, 6) is 0.157. The number of hydrazone groups is 1. The SMILES string of the molecule is COc1cc(/C=N\NC(=O)c2cc(Br)ccc2OC)ccc1OC(=O)c1ccc(C)cc1. The first-order valence-corrected chi connectivity index (χ1v) is 10.3. The molecule has 0 bridgehead atoms. The third kappa shape index (κ3) is 5.73. The molecule has 164 valence electrons. The van der Waals surface area contributed by atoms with E-state index in [1.807, 2.05) is 19.1 Å². The molecule has 3 aromatic carbocycles. The van der Waals surface area contributed by atoms with Gasteiger partial charge < -0.3 is 14.2 Å². The summed E-state index contributed by atoms with van der Waals surface area (Å²) in [4.78, 5) is 24.8. The smallest absolute Gasteiger partial charge is 0.343 e. The summed E-state index contributed by atoms with van der Waals surface area (Å²) in [5.41, 5.74) is 4.93. The summed E-state index contributed by atoms with van der Waals surface area (Å²) >= 11 is 3.33. The first-order chi connectivity index (χ1) is 15.4. The van der Waals surface area contributed by atoms with Gasteiger partial charge >= 0.3 is 5.97 Å². The molecule has 0 heterocycles. The fraction of sp³-hybridized carbons (Fsp3) is 0.125. The average Bonchev–Trinajstić information content (AvgIpc) is 2.80. The van der Waals surface area contributed by atoms with E-state index in [1.165, 1.54) is 20.4 Å². The van der Waals surface area contributed by atoms with E-state index >= 15 is 0 Å². The average molecular weight is 497 g/mol. The van der Waals surface area contributed by atoms with E-state index in [1.54, 1.807) is 48.5 Å². The van der Waals surface area contributed by atoms with Gasteiger partial charge in [0, 0.05) is 4.47 Å². The second-order valence-corrected chi connectivity index (χ2v) is 7.63. The minimum atomic E-state index is -0.486. The number of hydrogen-bond donors (Lipinski definition) is 1. The number of amides is 1. The Hall–Kier alpha value is -3.65. The van der Waals surface area contributed by atoms with Crippen molar-refractivity contribution in [2.45, 2.75) is 6.92 Å². The number of esters is 1. The van der Waals surface area contributed by atoms with Gasteiger partial charge in [-0.15, -0.1) is 0 Å². The van der Waals surface area contributed by atoms with Gasteiger partial charge in [0.1, 0.15) is 5.75 Å². The maximum absolute atomic E-state index is 12.4. The molecule has 8 heteroatoms. The highest BCUT2D eigenvalue weighted by Crippen LogP contribution is 2.28. The van der Waals surface area contributed by atoms with Gasteiger partial charge in [-0.05, 0) is 61.0 Å². The molecule has 7 nitrogen and oxygen atoms in total. The van der Waals surface area contributed by atoms with Crippen molar-refractivity contribution in [1.29, 1.82) is 0 Å². The van der Waals surface area contributed by atoms with Crippen LogP contribution in [0.25, 0.3) is 0 Å². The van der Waals surface area contributed by atoms with Crippen LogP contribution in [0.1, 0.15) is 31.8 Å². The van der Waals surface area contributed by atoms with Crippen molar-refractivity contribution in [3.63, 3.8) is 0 Å². The Balaban J connectivity index is 1.69. The molecule has 0 aliphatic heterocycles. The number of carbonyl (C=O) groups excluding carboxylic acids is 2. The summed E-state index contributed by atoms with van der Waals surface area (Å²) in [6.45, 7) is 1.94. The minimum absolute atomic E-state index is 0.276. The van der Waals surface area contributed by atoms with Crippen LogP contribution in [0.3, 0.4) is 0 Å². The van der Waals surface area contributed by atoms with E-state index in [4.69, 9.17) is 14.2 Å². The zero-order valence-electron chi connectivity index (χ0n) is 17.7. The number of hydrogen-bond acceptors (Lipinski definition) is 6. The third-order valence-electron chi connectivity index (χ3n) is 4.46. The normalized spacial score (nSPS) is 10.6. The standard InChI is InChI=1S/C24H21BrN2O5/c1-15-4-7-17(8-5-15)24(29)32-21-10-6-16(12-22(21)31-3)14-26-27-23(28)19-13-18(25)9-11-20(19)30-2/h4-14H,1-3H3,(H,27,28)/b26-14-. The number of carbonyl (C=O) groups is 2. The molecule has 1 amide bonds. The van der Waals surface area contributed by atoms with Gasteiger partial charge in [-0.2, -0.15) is 5.10 Å². The molecule has 0 radical (unpaired) electrons. The van der Waals surface area contributed by atoms with Crippen LogP contribution >= 0.6 is 15.9 Å². The van der Waals surface area contributed by atoms with Crippen LogP contribution in [0, 0.1) is 6.92 Å². The minimum Gasteiger partial charge on any atom is -0.496 e. The van der Waals surface area contributed by atoms with Crippen molar-refractivity contribution >= 4 is 34.0 Å². The predicted molar refractivity (Wildman–Crippen MR) is 125 cm³/mol. The van der Waals surface area contributed by atoms with Crippen LogP contribution in [-0.2, 0) is 0 Å². The summed E-state index contributed by atoms with van der Waals surface area (Å²) in [6, 6.07) is 17.1. The molecule has 1 N–H and O–H groups in total. The van der Waals surface area contributed by atoms with Gasteiger partial charge in [-0.3, -0.25) is 4.79 Å². The van der Waals surface area contributed by atoms with Crippen molar-refractivity contribution in [1.82, 2.24) is 5.43 Å². The van der Waals surface area contributed by atoms with Gasteiger partial charge in [0.25, 0.3) is 5.91 Å². The van der Waals surface area contributed by atoms with Crippen LogP contribution in [0.2, 0.25) is 0 Å². The summed E-state index contributed by atoms with van der Waals surface area (Å²) in [6.07, 6.45) is 1.45. The maximum Gasteiger partial charge on any atom is 0.343 e. The molecule has 0 fully saturated rings. The third-order valence-corrected chi connectivity index (χ3v) is 4.96. The lowest BCUT2D eigenvalue weighted by molar-refractivity contribution is 0.0729. The fourth-order valence-corrected chi connectivity index (χ4v) is 3.14. The number of nitrogens with one attached hydrogen (secondary N) is 1. The molecular weight excluding hydrogens is 476 g/mol. The van der Waals surface area contributed by atoms with Crippen LogP contribution in [0.15, 0.2) is 70.2 Å². The van der Waals surface area contributed by atoms with Gasteiger partial charge in [0.2, 0.25) is 0 Å². The first kappa shape index (κ1) is 23.0. The van der Waals surface area contributed by atoms with E-state index in [9.17, 15) is 9.59 Å². The molecule has 0 saturated carbocycles. The van der Waals surface area contributed by atoms with Gasteiger partial charge in [0.15, 0.2) is 11.5 Å². The Bertz CT molecular complexity index is 1160. The van der Waals surface area contributed by atoms with E-state index in [-0.39, 0.29) is 5.75 Å². The summed E-state index contributed by atoms with van der Waals surface area (Å²) in [7, 11) is 2.96. The summed E-state index contributed by atoms with van der Waals surface area (Å²) in [5, 5.41) is 3.99. The van der Waals surface area contributed by atoms with Crippen molar-refractivity contribution in [3.05, 3.63) is 87.4 Å². The zero-order valence-corrected chi connectivity index (χ0v) is 19.3. The lowest BCUT2D eigenvalue weighted by Crippen LogP contribution is -2.18. The fourth-order valence-electron chi connectivity index (χ4n) is 2.78. The Morgan fingerprint density at radius 2 is 1.59 bits per heavy atom. The predicted octanol–water partition coefficient (Wildman–Crippen LogP) is 4.76. The molecule has 0 atom stereocenters. The van der Waals surface area contributed by atoms with E-state index in [0.717, 1.165) is 10.0 Å². The number of aryl methyl sites for hydroxylation is 1. The Morgan fingerprint density at radius 3 is 2.28 bits per heavy atom. The number of ether oxygens (including phenoxy) is 3. The largest absolute Gasteiger partial charge is 0.496 e. The van der Waals surface area contributed by atoms with Crippen LogP contribution in [0.4, 0.5) is 0 Å². The first-order valence-electron chi connectivity index (χ1n) is 9.55. The van der Waals surface area contributed by atoms with Crippen molar-refractivity contribution < 1.29 is 23.8 Å². The van der Waals surface area contributed by atoms with Crippen LogP contribution in [0.5, 0.6) is 17.2 Å². The number of nitrogens with zero attached hydrogens (tertiary/aromatic N) is 1. The lowest BCUT2D eigenvalue weighted by Gasteiger charge is -2.10. The number of benzene rings is 3. The van der Waals surface area contributed by atoms with E-state index in [2.05, 4.69) is 26.5 Å². The molecule has 0 aliphatic carbocycles. The second kappa shape index (κ2) is 10.6. The van der Waals surface area contributed by atoms with E-state index < -0.39 is 11.9 Å². The highest BCUT2D eigenvalue weighted by molar-refractivity contribution is 9.10. The van der Waals surface area contributed by atoms with Gasteiger partial charge in [0.05, 0.1) is 31.6 Å². The van der Waals surface area contributed by atoms with Crippen LogP contribution in [-0.4, -0.2) is 32.3 Å². The maximum atomic E-state index is 12.4. The monoisotopic (exact) mass is 496 g/mol. The molecule has 0 unspecified atom stereocenters. The Morgan fingerprint density at radius 1 is 0.906 bits per heavy atom. The molecule has 0 spiro atoms. The van der Waals surface area contributed by atoms with Crippen molar-refractivity contribution in [2.24, 2.45) is 5.10 Å². The highest BCUT2D eigenvalue weighted by Gasteiger charge is 2.14. The topological polar surface area (TPSA) is 86.2 Å². The zero-order chi connectivity index (χ0) is 23.1. The lowest BCUT2D eigenvalue weighted by atomic mass is 10.1. The highest BCUT2D eigenvalue weighted by atomic mass is 79.9.